The van der Waals surface area contributed by atoms with Gasteiger partial charge >= 0.3 is 11.9 Å². The Morgan fingerprint density at radius 2 is 1.00 bits per heavy atom. The van der Waals surface area contributed by atoms with Crippen LogP contribution in [-0.4, -0.2) is 11.9 Å². The molecule has 4 N–H and O–H groups in total. The molecule has 0 aliphatic rings. The Bertz CT molecular complexity index is 1460. The van der Waals surface area contributed by atoms with Gasteiger partial charge in [-0.05, 0) is 24.3 Å². The molecule has 0 fully saturated rings. The molecule has 2 heterocycles. The van der Waals surface area contributed by atoms with E-state index in [0.717, 1.165) is 22.7 Å². The van der Waals surface area contributed by atoms with E-state index in [2.05, 4.69) is 0 Å². The first-order valence-electron chi connectivity index (χ1n) is 9.82. The molecular formula is C24H14Cl2N2O4S2. The molecule has 170 valence electrons. The Labute approximate surface area is 211 Å². The molecule has 0 atom stereocenters. The minimum absolute atomic E-state index is 0.153. The van der Waals surface area contributed by atoms with Crippen LogP contribution in [0.4, 0.5) is 10.0 Å². The third-order valence-electron chi connectivity index (χ3n) is 5.02. The second kappa shape index (κ2) is 8.81. The summed E-state index contributed by atoms with van der Waals surface area (Å²) in [7, 11) is 0. The second-order valence-electron chi connectivity index (χ2n) is 7.14. The zero-order chi connectivity index (χ0) is 24.0. The molecule has 2 aromatic heterocycles. The van der Waals surface area contributed by atoms with Crippen molar-refractivity contribution in [3.63, 3.8) is 0 Å². The number of halogens is 2. The molecule has 10 heteroatoms. The highest BCUT2D eigenvalue weighted by molar-refractivity contribution is 7.26. The normalized spacial score (nSPS) is 11.1. The molecule has 0 saturated heterocycles. The van der Waals surface area contributed by atoms with E-state index in [4.69, 9.17) is 44.1 Å². The molecule has 3 aromatic carbocycles. The second-order valence-corrected chi connectivity index (χ2v) is 10.00. The molecule has 5 aromatic rings. The van der Waals surface area contributed by atoms with Crippen molar-refractivity contribution in [2.24, 2.45) is 0 Å². The molecule has 6 nitrogen and oxygen atoms in total. The summed E-state index contributed by atoms with van der Waals surface area (Å²) in [5.41, 5.74) is 12.9. The fraction of sp³-hybridized carbons (Fsp3) is 0. The van der Waals surface area contributed by atoms with Gasteiger partial charge in [0.2, 0.25) is 0 Å². The quantitative estimate of drug-likeness (QED) is 0.191. The van der Waals surface area contributed by atoms with E-state index >= 15 is 0 Å². The first-order chi connectivity index (χ1) is 16.4. The van der Waals surface area contributed by atoms with Crippen LogP contribution >= 0.6 is 45.9 Å². The summed E-state index contributed by atoms with van der Waals surface area (Å²) in [6, 6.07) is 17.0. The molecule has 0 unspecified atom stereocenters. The van der Waals surface area contributed by atoms with E-state index in [1.807, 2.05) is 0 Å². The number of nitrogens with two attached hydrogens (primary N) is 2. The van der Waals surface area contributed by atoms with Crippen LogP contribution in [0.5, 0.6) is 11.5 Å². The minimum atomic E-state index is -0.596. The van der Waals surface area contributed by atoms with E-state index in [0.29, 0.717) is 31.3 Å². The number of nitrogen functional groups attached to an aromatic ring is 2. The van der Waals surface area contributed by atoms with E-state index < -0.39 is 11.9 Å². The first-order valence-corrected chi connectivity index (χ1v) is 12.2. The maximum atomic E-state index is 12.9. The molecule has 5 rings (SSSR count). The van der Waals surface area contributed by atoms with Crippen LogP contribution in [0, 0.1) is 0 Å². The number of carbonyl (C=O) groups is 2. The Morgan fingerprint density at radius 3 is 1.35 bits per heavy atom. The fourth-order valence-corrected chi connectivity index (χ4v) is 6.05. The minimum Gasteiger partial charge on any atom is -0.421 e. The molecule has 0 saturated carbocycles. The fourth-order valence-electron chi connectivity index (χ4n) is 3.46. The number of fused-ring (bicyclic) bond motifs is 2. The van der Waals surface area contributed by atoms with Crippen LogP contribution in [0.1, 0.15) is 20.7 Å². The van der Waals surface area contributed by atoms with E-state index in [1.54, 1.807) is 60.7 Å². The van der Waals surface area contributed by atoms with Gasteiger partial charge in [0, 0.05) is 0 Å². The molecule has 0 amide bonds. The van der Waals surface area contributed by atoms with Gasteiger partial charge < -0.3 is 20.9 Å². The lowest BCUT2D eigenvalue weighted by Gasteiger charge is -2.12. The number of carbonyl (C=O) groups excluding carboxylic acids is 2. The van der Waals surface area contributed by atoms with Gasteiger partial charge in [-0.3, -0.25) is 0 Å². The molecule has 0 aliphatic carbocycles. The van der Waals surface area contributed by atoms with Gasteiger partial charge in [0.25, 0.3) is 0 Å². The predicted molar refractivity (Wildman–Crippen MR) is 139 cm³/mol. The van der Waals surface area contributed by atoms with Crippen molar-refractivity contribution in [3.8, 4) is 11.5 Å². The third-order valence-corrected chi connectivity index (χ3v) is 8.07. The van der Waals surface area contributed by atoms with Crippen LogP contribution in [0.3, 0.4) is 0 Å². The Morgan fingerprint density at radius 1 is 0.647 bits per heavy atom. The Balaban J connectivity index is 1.75. The molecule has 0 bridgehead atoms. The summed E-state index contributed by atoms with van der Waals surface area (Å²) >= 11 is 15.3. The summed E-state index contributed by atoms with van der Waals surface area (Å²) in [4.78, 5) is 25.8. The van der Waals surface area contributed by atoms with E-state index in [-0.39, 0.29) is 31.5 Å². The van der Waals surface area contributed by atoms with Gasteiger partial charge in [0.1, 0.15) is 10.0 Å². The number of rotatable bonds is 4. The smallest absolute Gasteiger partial charge is 0.343 e. The lowest BCUT2D eigenvalue weighted by molar-refractivity contribution is 0.0727. The average molecular weight is 529 g/mol. The van der Waals surface area contributed by atoms with Gasteiger partial charge in [-0.1, -0.05) is 59.6 Å². The number of benzene rings is 3. The zero-order valence-electron chi connectivity index (χ0n) is 17.1. The third kappa shape index (κ3) is 3.74. The van der Waals surface area contributed by atoms with Crippen molar-refractivity contribution in [3.05, 3.63) is 81.8 Å². The maximum absolute atomic E-state index is 12.9. The van der Waals surface area contributed by atoms with Crippen LogP contribution < -0.4 is 20.9 Å². The summed E-state index contributed by atoms with van der Waals surface area (Å²) in [5, 5.41) is 1.58. The topological polar surface area (TPSA) is 105 Å². The van der Waals surface area contributed by atoms with Crippen LogP contribution in [0.25, 0.3) is 20.2 Å². The van der Waals surface area contributed by atoms with Crippen molar-refractivity contribution in [1.29, 1.82) is 0 Å². The van der Waals surface area contributed by atoms with Gasteiger partial charge in [0.05, 0.1) is 41.3 Å². The summed E-state index contributed by atoms with van der Waals surface area (Å²) < 4.78 is 12.5. The molecule has 0 spiro atoms. The predicted octanol–water partition coefficient (Wildman–Crippen LogP) is 7.03. The number of thiophene rings is 2. The van der Waals surface area contributed by atoms with Gasteiger partial charge in [-0.2, -0.15) is 0 Å². The summed E-state index contributed by atoms with van der Waals surface area (Å²) in [5.74, 6) is -0.887. The number of esters is 2. The maximum Gasteiger partial charge on any atom is 0.343 e. The standard InChI is InChI=1S/C24H14Cl2N2O4S2/c25-15-13-17(31-23(29)11-7-3-1-4-8-11)19-14(16(26)22(28)33-19)18(20(13)34-21(15)27)32-24(30)12-9-5-2-6-10-12/h1-10H,27-28H2. The average Bonchev–Trinajstić information content (AvgIpc) is 3.32. The summed E-state index contributed by atoms with van der Waals surface area (Å²) in [6.07, 6.45) is 0. The first kappa shape index (κ1) is 22.5. The molecular weight excluding hydrogens is 515 g/mol. The highest BCUT2D eigenvalue weighted by Gasteiger charge is 2.29. The van der Waals surface area contributed by atoms with Gasteiger partial charge in [-0.25, -0.2) is 9.59 Å². The van der Waals surface area contributed by atoms with E-state index in [1.165, 1.54) is 0 Å². The van der Waals surface area contributed by atoms with Crippen molar-refractivity contribution in [2.75, 3.05) is 11.5 Å². The summed E-state index contributed by atoms with van der Waals surface area (Å²) in [6.45, 7) is 0. The van der Waals surface area contributed by atoms with Gasteiger partial charge in [-0.15, -0.1) is 22.7 Å². The number of hydrogen-bond donors (Lipinski definition) is 2. The lowest BCUT2D eigenvalue weighted by Crippen LogP contribution is -2.10. The Kier molecular flexibility index (Phi) is 5.83. The van der Waals surface area contributed by atoms with Crippen molar-refractivity contribution in [1.82, 2.24) is 0 Å². The van der Waals surface area contributed by atoms with Crippen molar-refractivity contribution < 1.29 is 19.1 Å². The monoisotopic (exact) mass is 528 g/mol. The SMILES string of the molecule is Nc1sc2c(OC(=O)c3ccccc3)c3c(Cl)c(N)sc3c(OC(=O)c3ccccc3)c2c1Cl. The lowest BCUT2D eigenvalue weighted by atomic mass is 10.1. The molecule has 0 aliphatic heterocycles. The van der Waals surface area contributed by atoms with Crippen LogP contribution in [-0.2, 0) is 0 Å². The van der Waals surface area contributed by atoms with Crippen LogP contribution in [0.2, 0.25) is 10.0 Å². The van der Waals surface area contributed by atoms with Gasteiger partial charge in [0.15, 0.2) is 11.5 Å². The number of ether oxygens (including phenoxy) is 2. The molecule has 0 radical (unpaired) electrons. The number of anilines is 2. The van der Waals surface area contributed by atoms with Crippen molar-refractivity contribution >= 4 is 88.0 Å². The highest BCUT2D eigenvalue weighted by atomic mass is 35.5. The highest BCUT2D eigenvalue weighted by Crippen LogP contribution is 2.56. The largest absolute Gasteiger partial charge is 0.421 e. The number of hydrogen-bond acceptors (Lipinski definition) is 8. The van der Waals surface area contributed by atoms with E-state index in [9.17, 15) is 9.59 Å². The zero-order valence-corrected chi connectivity index (χ0v) is 20.3. The molecule has 34 heavy (non-hydrogen) atoms. The Hall–Kier alpha value is -3.30. The van der Waals surface area contributed by atoms with Crippen LogP contribution in [0.15, 0.2) is 60.7 Å². The van der Waals surface area contributed by atoms with Crippen molar-refractivity contribution in [2.45, 2.75) is 0 Å².